The van der Waals surface area contributed by atoms with Crippen molar-refractivity contribution in [1.29, 1.82) is 0 Å². The average Bonchev–Trinajstić information content (AvgIpc) is 0.662. The molecule has 0 saturated heterocycles. The van der Waals surface area contributed by atoms with Gasteiger partial charge >= 0.3 is 0 Å². The number of nitrogens with one attached hydrogen (secondary N) is 4. The maximum Gasteiger partial charge on any atom is 0.268 e. The van der Waals surface area contributed by atoms with Gasteiger partial charge in [0, 0.05) is 65.8 Å². The van der Waals surface area contributed by atoms with Gasteiger partial charge in [-0.15, -0.1) is 0 Å². The summed E-state index contributed by atoms with van der Waals surface area (Å²) in [6, 6.07) is 35.9. The molecule has 476 valence electrons. The van der Waals surface area contributed by atoms with E-state index in [1.54, 1.807) is 0 Å². The van der Waals surface area contributed by atoms with Crippen molar-refractivity contribution in [3.8, 4) is 0 Å². The lowest BCUT2D eigenvalue weighted by atomic mass is 9.79. The van der Waals surface area contributed by atoms with Crippen molar-refractivity contribution in [1.82, 2.24) is 0 Å². The Morgan fingerprint density at radius 1 is 0.287 bits per heavy atom. The van der Waals surface area contributed by atoms with Gasteiger partial charge in [-0.1, -0.05) is 162 Å². The maximum atomic E-state index is 16.9. The molecule has 10 nitrogen and oxygen atoms in total. The average molecular weight is 1330 g/mol. The molecule has 0 aliphatic carbocycles. The minimum atomic E-state index is -0.625. The predicted octanol–water partition coefficient (Wildman–Crippen LogP) is 23.9. The summed E-state index contributed by atoms with van der Waals surface area (Å²) >= 11 is 33.7. The Balaban J connectivity index is 1.32. The van der Waals surface area contributed by atoms with Gasteiger partial charge in [0.15, 0.2) is 0 Å². The van der Waals surface area contributed by atoms with Crippen molar-refractivity contribution >= 4 is 170 Å². The Kier molecular flexibility index (Phi) is 16.1. The van der Waals surface area contributed by atoms with Crippen molar-refractivity contribution in [2.75, 3.05) is 31.1 Å². The molecule has 0 atom stereocenters. The first-order valence-electron chi connectivity index (χ1n) is 32.1. The van der Waals surface area contributed by atoms with Gasteiger partial charge in [0.05, 0.1) is 76.5 Å². The lowest BCUT2D eigenvalue weighted by Crippen LogP contribution is -2.43. The first-order chi connectivity index (χ1) is 44.6. The second-order valence-corrected chi connectivity index (χ2v) is 28.9. The third-order valence-electron chi connectivity index (χ3n) is 18.5. The van der Waals surface area contributed by atoms with Crippen LogP contribution in [-0.4, -0.2) is 23.6 Å². The van der Waals surface area contributed by atoms with Crippen LogP contribution in [0.1, 0.15) is 187 Å². The molecule has 0 bridgehead atoms. The first kappa shape index (κ1) is 64.1. The molecule has 0 unspecified atom stereocenters. The number of hydrogen-bond donors (Lipinski definition) is 4. The van der Waals surface area contributed by atoms with Crippen molar-refractivity contribution in [3.05, 3.63) is 218 Å². The van der Waals surface area contributed by atoms with E-state index in [0.717, 1.165) is 66.8 Å². The van der Waals surface area contributed by atoms with E-state index in [9.17, 15) is 0 Å². The molecule has 2 aliphatic rings. The van der Waals surface area contributed by atoms with Crippen LogP contribution in [0.4, 0.5) is 56.9 Å². The monoisotopic (exact) mass is 1320 g/mol. The van der Waals surface area contributed by atoms with Crippen LogP contribution in [0.25, 0.3) is 43.1 Å². The molecule has 2 aliphatic heterocycles. The molecule has 4 N–H and O–H groups in total. The van der Waals surface area contributed by atoms with E-state index in [0.29, 0.717) is 66.4 Å². The summed E-state index contributed by atoms with van der Waals surface area (Å²) in [5, 5.41) is 17.3. The SMILES string of the molecule is Cc1cc(C)cc(Nc2c3c4c(c(Nc5cc(C)cc(C)c5)c(Cl)c5c6c(Cl)c(Nc7cc(C)cc(C)c7)c7c8c(c(Nc9cc(C)cc(C)c9)c(Cl)c(c(c2Cl)c45)c86)C(=O)N(c2c(C(C)C)cccc2C(C)C)C7=O)C(=O)N(c2c(C(C)C)cccc2C(C)C)C3=O)c1. The van der Waals surface area contributed by atoms with E-state index in [1.807, 2.05) is 140 Å². The molecular formula is C80H74Cl4N6O4. The minimum Gasteiger partial charge on any atom is -0.354 e. The summed E-state index contributed by atoms with van der Waals surface area (Å²) in [6.45, 7) is 32.4. The Bertz CT molecular complexity index is 4480. The van der Waals surface area contributed by atoms with Crippen molar-refractivity contribution in [3.63, 3.8) is 0 Å². The molecule has 4 amide bonds. The number of hydrogen-bond acceptors (Lipinski definition) is 8. The quantitative estimate of drug-likeness (QED) is 0.0482. The summed E-state index contributed by atoms with van der Waals surface area (Å²) < 4.78 is 0. The smallest absolute Gasteiger partial charge is 0.268 e. The number of carbonyl (C=O) groups excluding carboxylic acids is 4. The lowest BCUT2D eigenvalue weighted by Gasteiger charge is -2.37. The largest absolute Gasteiger partial charge is 0.354 e. The number of anilines is 10. The van der Waals surface area contributed by atoms with E-state index in [-0.39, 0.29) is 99.5 Å². The molecule has 13 rings (SSSR count). The molecule has 11 aromatic carbocycles. The Hall–Kier alpha value is -8.64. The van der Waals surface area contributed by atoms with E-state index in [2.05, 4.69) is 101 Å². The van der Waals surface area contributed by atoms with Crippen LogP contribution < -0.4 is 31.1 Å². The number of rotatable bonds is 14. The van der Waals surface area contributed by atoms with Gasteiger partial charge in [-0.05, 0) is 194 Å². The fourth-order valence-corrected chi connectivity index (χ4v) is 16.3. The fourth-order valence-electron chi connectivity index (χ4n) is 15.0. The lowest BCUT2D eigenvalue weighted by molar-refractivity contribution is 0.0878. The standard InChI is InChI=1S/C80H74Cl4N6O4/c1-35(2)51-19-17-20-52(36(3)4)75(51)89-77(91)63-57-55-59(67(81)71(63)85-47-27-39(9)23-40(10)28-47)61-56-58-65(73(69(61)83)87-49-31-43(13)25-44(14)32-49)79(93)90(76-53(37(5)6)21-18-22-54(76)38(7)8)80(94)66(58)74(88-50-33-45(15)26-46(16)34-50)70(84)62(56)60(55)68(82)72(64(57)78(89)92)86-48-29-41(11)24-42(12)30-48/h17-38,85-88H,1-16H3. The van der Waals surface area contributed by atoms with Gasteiger partial charge in [0.2, 0.25) is 0 Å². The van der Waals surface area contributed by atoms with Gasteiger partial charge in [0.1, 0.15) is 0 Å². The zero-order valence-electron chi connectivity index (χ0n) is 55.7. The number of amides is 4. The second kappa shape index (κ2) is 23.7. The first-order valence-corrected chi connectivity index (χ1v) is 33.6. The Morgan fingerprint density at radius 2 is 0.479 bits per heavy atom. The molecular weight excluding hydrogens is 1250 g/mol. The Labute approximate surface area is 569 Å². The molecule has 2 heterocycles. The third-order valence-corrected chi connectivity index (χ3v) is 20.0. The highest BCUT2D eigenvalue weighted by Crippen LogP contribution is 2.62. The van der Waals surface area contributed by atoms with Crippen LogP contribution in [0.2, 0.25) is 20.1 Å². The van der Waals surface area contributed by atoms with E-state index < -0.39 is 23.6 Å². The molecule has 11 aromatic rings. The number of benzene rings is 11. The second-order valence-electron chi connectivity index (χ2n) is 27.3. The number of imide groups is 2. The summed E-state index contributed by atoms with van der Waals surface area (Å²) in [5.41, 5.74) is 15.3. The maximum absolute atomic E-state index is 16.9. The molecule has 0 radical (unpaired) electrons. The summed E-state index contributed by atoms with van der Waals surface area (Å²) in [5.74, 6) is -3.03. The van der Waals surface area contributed by atoms with Crippen LogP contribution in [0.15, 0.2) is 109 Å². The highest BCUT2D eigenvalue weighted by molar-refractivity contribution is 6.61. The van der Waals surface area contributed by atoms with E-state index >= 15 is 19.2 Å². The third kappa shape index (κ3) is 10.2. The number of nitrogens with zero attached hydrogens (tertiary/aromatic N) is 2. The molecule has 94 heavy (non-hydrogen) atoms. The number of carbonyl (C=O) groups is 4. The molecule has 0 spiro atoms. The highest BCUT2D eigenvalue weighted by atomic mass is 35.5. The molecule has 0 aromatic heterocycles. The number of para-hydroxylation sites is 2. The van der Waals surface area contributed by atoms with E-state index in [4.69, 9.17) is 46.4 Å². The van der Waals surface area contributed by atoms with Gasteiger partial charge in [-0.25, -0.2) is 9.80 Å². The zero-order valence-corrected chi connectivity index (χ0v) is 58.8. The summed E-state index contributed by atoms with van der Waals surface area (Å²) in [6.07, 6.45) is 0. The Morgan fingerprint density at radius 3 is 0.660 bits per heavy atom. The zero-order chi connectivity index (χ0) is 67.3. The van der Waals surface area contributed by atoms with Gasteiger partial charge in [0.25, 0.3) is 23.6 Å². The van der Waals surface area contributed by atoms with Crippen LogP contribution >= 0.6 is 46.4 Å². The molecule has 0 saturated carbocycles. The van der Waals surface area contributed by atoms with Crippen LogP contribution in [0, 0.1) is 55.4 Å². The number of fused-ring (bicyclic) bond motifs is 2. The summed E-state index contributed by atoms with van der Waals surface area (Å²) in [7, 11) is 0. The minimum absolute atomic E-state index is 0.0571. The van der Waals surface area contributed by atoms with Crippen molar-refractivity contribution in [2.24, 2.45) is 0 Å². The number of halogens is 4. The van der Waals surface area contributed by atoms with Gasteiger partial charge in [-0.2, -0.15) is 0 Å². The van der Waals surface area contributed by atoms with Crippen LogP contribution in [-0.2, 0) is 0 Å². The normalized spacial score (nSPS) is 13.3. The van der Waals surface area contributed by atoms with Crippen molar-refractivity contribution in [2.45, 2.75) is 134 Å². The van der Waals surface area contributed by atoms with E-state index in [1.165, 1.54) is 9.80 Å². The highest BCUT2D eigenvalue weighted by Gasteiger charge is 2.47. The van der Waals surface area contributed by atoms with Gasteiger partial charge in [-0.3, -0.25) is 19.2 Å². The van der Waals surface area contributed by atoms with Crippen molar-refractivity contribution < 1.29 is 19.2 Å². The van der Waals surface area contributed by atoms with Crippen LogP contribution in [0.5, 0.6) is 0 Å². The fraction of sp³-hybridized carbons (Fsp3) is 0.250. The molecule has 14 heteroatoms. The molecule has 0 fully saturated rings. The van der Waals surface area contributed by atoms with Gasteiger partial charge < -0.3 is 21.3 Å². The topological polar surface area (TPSA) is 123 Å². The predicted molar refractivity (Wildman–Crippen MR) is 396 cm³/mol. The summed E-state index contributed by atoms with van der Waals surface area (Å²) in [4.78, 5) is 70.3. The van der Waals surface area contributed by atoms with Crippen LogP contribution in [0.3, 0.4) is 0 Å². The number of aryl methyl sites for hydroxylation is 8.